The van der Waals surface area contributed by atoms with Crippen LogP contribution in [0.1, 0.15) is 55.5 Å². The summed E-state index contributed by atoms with van der Waals surface area (Å²) in [5, 5.41) is 11.5. The maximum Gasteiger partial charge on any atom is 0.421 e. The molecule has 4 rings (SSSR count). The molecule has 2 amide bonds. The van der Waals surface area contributed by atoms with Crippen LogP contribution < -0.4 is 21.3 Å². The van der Waals surface area contributed by atoms with Gasteiger partial charge in [-0.1, -0.05) is 18.6 Å². The number of likely N-dealkylation sites (N-methyl/N-ethyl adjacent to an activating group) is 1. The van der Waals surface area contributed by atoms with Crippen LogP contribution in [0.4, 0.5) is 30.6 Å². The Labute approximate surface area is 237 Å². The second-order valence-electron chi connectivity index (χ2n) is 10.6. The molecule has 12 heteroatoms. The lowest BCUT2D eigenvalue weighted by molar-refractivity contribution is -0.137. The largest absolute Gasteiger partial charge is 0.421 e. The number of alkyl halides is 3. The Bertz CT molecular complexity index is 1280. The molecule has 2 heterocycles. The zero-order chi connectivity index (χ0) is 29.6. The van der Waals surface area contributed by atoms with Crippen LogP contribution in [0.2, 0.25) is 0 Å². The van der Waals surface area contributed by atoms with E-state index in [2.05, 4.69) is 42.2 Å². The monoisotopic (exact) mass is 571 g/mol. The molecule has 1 saturated carbocycles. The highest BCUT2D eigenvalue weighted by Gasteiger charge is 2.39. The summed E-state index contributed by atoms with van der Waals surface area (Å²) in [7, 11) is 1.98. The molecule has 0 spiro atoms. The second-order valence-corrected chi connectivity index (χ2v) is 10.6. The van der Waals surface area contributed by atoms with Crippen LogP contribution in [-0.4, -0.2) is 58.4 Å². The molecule has 1 aliphatic heterocycles. The molecular formula is C29H36F3N7O2. The quantitative estimate of drug-likeness (QED) is 0.323. The number of nitrogens with zero attached hydrogens (tertiary/aromatic N) is 3. The number of carbonyl (C=O) groups excluding carboxylic acids is 2. The minimum atomic E-state index is -4.68. The Morgan fingerprint density at radius 1 is 1.12 bits per heavy atom. The van der Waals surface area contributed by atoms with Crippen molar-refractivity contribution in [3.8, 4) is 0 Å². The highest BCUT2D eigenvalue weighted by atomic mass is 19.4. The number of hydrogen-bond donors (Lipinski definition) is 4. The van der Waals surface area contributed by atoms with Crippen LogP contribution in [0.3, 0.4) is 0 Å². The third kappa shape index (κ3) is 7.99. The number of amides is 2. The molecule has 2 aromatic rings. The van der Waals surface area contributed by atoms with E-state index in [0.717, 1.165) is 19.0 Å². The first kappa shape index (κ1) is 29.9. The number of carbonyl (C=O) groups is 2. The predicted octanol–water partition coefficient (Wildman–Crippen LogP) is 4.85. The average molecular weight is 572 g/mol. The maximum atomic E-state index is 13.8. The fourth-order valence-electron chi connectivity index (χ4n) is 4.97. The van der Waals surface area contributed by atoms with Gasteiger partial charge in [0.25, 0.3) is 5.91 Å². The standard InChI is InChI=1S/C29H36F3N7O2/c1-18(2)35-27(41)22-8-6-9-24(22)37-25-23(29(30,31)32)17-34-28(38-25)36-20-12-10-19(11-13-20)26(40)33-15-14-21-7-4-5-16-39(21)3/h4-5,7,10-13,16-18,21-22,24H,6,8-9,14-15H2,1-3H3,(H,33,40)(H,35,41)(H2,34,36,37,38). The van der Waals surface area contributed by atoms with Gasteiger partial charge in [-0.05, 0) is 69.7 Å². The SMILES string of the molecule is CC(C)NC(=O)C1CCCC1Nc1nc(Nc2ccc(C(=O)NCCC3C=CC=CN3C)cc2)ncc1C(F)(F)F. The van der Waals surface area contributed by atoms with Crippen molar-refractivity contribution in [1.82, 2.24) is 25.5 Å². The normalized spacial score (nSPS) is 20.3. The summed E-state index contributed by atoms with van der Waals surface area (Å²) in [5.41, 5.74) is -0.0513. The van der Waals surface area contributed by atoms with E-state index in [9.17, 15) is 22.8 Å². The van der Waals surface area contributed by atoms with Gasteiger partial charge in [-0.25, -0.2) is 4.98 Å². The van der Waals surface area contributed by atoms with Gasteiger partial charge in [0, 0.05) is 49.2 Å². The zero-order valence-electron chi connectivity index (χ0n) is 23.3. The van der Waals surface area contributed by atoms with Crippen molar-refractivity contribution in [2.45, 2.75) is 63.8 Å². The molecule has 3 atom stereocenters. The maximum absolute atomic E-state index is 13.8. The fraction of sp³-hybridized carbons (Fsp3) is 0.448. The molecule has 220 valence electrons. The molecule has 9 nitrogen and oxygen atoms in total. The van der Waals surface area contributed by atoms with E-state index in [0.29, 0.717) is 30.6 Å². The van der Waals surface area contributed by atoms with E-state index in [1.165, 1.54) is 0 Å². The number of rotatable bonds is 10. The minimum absolute atomic E-state index is 0.0439. The minimum Gasteiger partial charge on any atom is -0.374 e. The topological polar surface area (TPSA) is 111 Å². The zero-order valence-corrected chi connectivity index (χ0v) is 23.3. The summed E-state index contributed by atoms with van der Waals surface area (Å²) in [6.07, 6.45) is 6.66. The Hall–Kier alpha value is -4.09. The molecular weight excluding hydrogens is 535 g/mol. The van der Waals surface area contributed by atoms with E-state index in [-0.39, 0.29) is 35.7 Å². The Morgan fingerprint density at radius 2 is 1.88 bits per heavy atom. The van der Waals surface area contributed by atoms with Gasteiger partial charge in [0.15, 0.2) is 0 Å². The molecule has 1 fully saturated rings. The average Bonchev–Trinajstić information content (AvgIpc) is 3.37. The molecule has 2 aliphatic rings. The third-order valence-corrected chi connectivity index (χ3v) is 7.12. The van der Waals surface area contributed by atoms with Crippen molar-refractivity contribution >= 4 is 29.3 Å². The molecule has 0 bridgehead atoms. The van der Waals surface area contributed by atoms with E-state index in [4.69, 9.17) is 0 Å². The highest BCUT2D eigenvalue weighted by Crippen LogP contribution is 2.36. The first-order valence-corrected chi connectivity index (χ1v) is 13.7. The summed E-state index contributed by atoms with van der Waals surface area (Å²) in [4.78, 5) is 35.2. The van der Waals surface area contributed by atoms with Crippen LogP contribution in [-0.2, 0) is 11.0 Å². The van der Waals surface area contributed by atoms with Crippen molar-refractivity contribution in [3.05, 3.63) is 66.0 Å². The van der Waals surface area contributed by atoms with E-state index >= 15 is 0 Å². The fourth-order valence-corrected chi connectivity index (χ4v) is 4.97. The predicted molar refractivity (Wildman–Crippen MR) is 152 cm³/mol. The van der Waals surface area contributed by atoms with E-state index < -0.39 is 23.7 Å². The summed E-state index contributed by atoms with van der Waals surface area (Å²) in [6.45, 7) is 4.18. The number of anilines is 3. The summed E-state index contributed by atoms with van der Waals surface area (Å²) in [6, 6.07) is 6.16. The first-order valence-electron chi connectivity index (χ1n) is 13.7. The second kappa shape index (κ2) is 13.0. The van der Waals surface area contributed by atoms with Crippen LogP contribution >= 0.6 is 0 Å². The lowest BCUT2D eigenvalue weighted by atomic mass is 10.0. The first-order chi connectivity index (χ1) is 19.5. The van der Waals surface area contributed by atoms with Gasteiger partial charge in [-0.2, -0.15) is 18.2 Å². The van der Waals surface area contributed by atoms with Gasteiger partial charge < -0.3 is 26.2 Å². The number of halogens is 3. The van der Waals surface area contributed by atoms with Gasteiger partial charge in [-0.15, -0.1) is 0 Å². The van der Waals surface area contributed by atoms with Gasteiger partial charge >= 0.3 is 6.18 Å². The van der Waals surface area contributed by atoms with Crippen molar-refractivity contribution in [1.29, 1.82) is 0 Å². The Morgan fingerprint density at radius 3 is 2.56 bits per heavy atom. The van der Waals surface area contributed by atoms with Gasteiger partial charge in [0.1, 0.15) is 11.4 Å². The molecule has 1 aromatic carbocycles. The Balaban J connectivity index is 1.40. The van der Waals surface area contributed by atoms with Crippen LogP contribution in [0.25, 0.3) is 0 Å². The van der Waals surface area contributed by atoms with Crippen molar-refractivity contribution in [2.75, 3.05) is 24.2 Å². The molecule has 3 unspecified atom stereocenters. The molecule has 0 saturated heterocycles. The molecule has 1 aliphatic carbocycles. The third-order valence-electron chi connectivity index (χ3n) is 7.12. The lowest BCUT2D eigenvalue weighted by Crippen LogP contribution is -2.41. The van der Waals surface area contributed by atoms with Crippen molar-refractivity contribution in [2.24, 2.45) is 5.92 Å². The summed E-state index contributed by atoms with van der Waals surface area (Å²) in [5.74, 6) is -1.29. The lowest BCUT2D eigenvalue weighted by Gasteiger charge is -2.26. The van der Waals surface area contributed by atoms with E-state index in [1.807, 2.05) is 39.2 Å². The van der Waals surface area contributed by atoms with E-state index in [1.54, 1.807) is 24.3 Å². The van der Waals surface area contributed by atoms with Crippen molar-refractivity contribution in [3.63, 3.8) is 0 Å². The molecule has 4 N–H and O–H groups in total. The molecule has 41 heavy (non-hydrogen) atoms. The number of benzene rings is 1. The summed E-state index contributed by atoms with van der Waals surface area (Å²) >= 11 is 0. The van der Waals surface area contributed by atoms with Crippen LogP contribution in [0, 0.1) is 5.92 Å². The number of nitrogens with one attached hydrogen (secondary N) is 4. The highest BCUT2D eigenvalue weighted by molar-refractivity contribution is 5.94. The van der Waals surface area contributed by atoms with Crippen LogP contribution in [0.5, 0.6) is 0 Å². The number of aromatic nitrogens is 2. The molecule has 1 aromatic heterocycles. The Kier molecular flexibility index (Phi) is 9.51. The molecule has 0 radical (unpaired) electrons. The number of allylic oxidation sites excluding steroid dienone is 2. The number of hydrogen-bond acceptors (Lipinski definition) is 7. The summed E-state index contributed by atoms with van der Waals surface area (Å²) < 4.78 is 41.3. The van der Waals surface area contributed by atoms with Gasteiger partial charge in [0.05, 0.1) is 5.92 Å². The van der Waals surface area contributed by atoms with Crippen LogP contribution in [0.15, 0.2) is 54.9 Å². The smallest absolute Gasteiger partial charge is 0.374 e. The van der Waals surface area contributed by atoms with Crippen molar-refractivity contribution < 1.29 is 22.8 Å². The van der Waals surface area contributed by atoms with Gasteiger partial charge in [0.2, 0.25) is 11.9 Å². The van der Waals surface area contributed by atoms with Gasteiger partial charge in [-0.3, -0.25) is 9.59 Å².